The lowest BCUT2D eigenvalue weighted by molar-refractivity contribution is -0.0863. The van der Waals surface area contributed by atoms with Gasteiger partial charge >= 0.3 is 0 Å². The van der Waals surface area contributed by atoms with Gasteiger partial charge in [-0.25, -0.2) is 0 Å². The second kappa shape index (κ2) is 8.22. The van der Waals surface area contributed by atoms with E-state index in [4.69, 9.17) is 4.74 Å². The van der Waals surface area contributed by atoms with Crippen molar-refractivity contribution in [2.45, 2.75) is 57.8 Å². The van der Waals surface area contributed by atoms with E-state index in [1.807, 2.05) is 18.5 Å². The van der Waals surface area contributed by atoms with Crippen molar-refractivity contribution in [3.63, 3.8) is 0 Å². The number of hydrogen-bond donors (Lipinski definition) is 0. The van der Waals surface area contributed by atoms with Crippen LogP contribution in [0.15, 0.2) is 24.5 Å². The minimum atomic E-state index is 0.385. The van der Waals surface area contributed by atoms with E-state index in [1.165, 1.54) is 44.5 Å². The standard InChI is InChI=1S/C19H31N3O/c1-16-14-22(15-17(2)23-16)19-7-11-21(12-8-19)10-4-6-18-5-3-9-20-13-18/h3,5,9,13,16-17,19H,4,6-8,10-12,14-15H2,1-2H3/t16-,17+. The Hall–Kier alpha value is -0.970. The molecule has 0 spiro atoms. The van der Waals surface area contributed by atoms with E-state index in [-0.39, 0.29) is 0 Å². The molecule has 3 heterocycles. The second-order valence-corrected chi connectivity index (χ2v) is 7.25. The third kappa shape index (κ3) is 5.00. The van der Waals surface area contributed by atoms with E-state index < -0.39 is 0 Å². The summed E-state index contributed by atoms with van der Waals surface area (Å²) in [5.74, 6) is 0. The molecule has 2 aliphatic heterocycles. The van der Waals surface area contributed by atoms with Gasteiger partial charge in [-0.2, -0.15) is 0 Å². The fourth-order valence-electron chi connectivity index (χ4n) is 4.08. The maximum absolute atomic E-state index is 5.87. The number of piperidine rings is 1. The molecule has 1 aromatic heterocycles. The van der Waals surface area contributed by atoms with Gasteiger partial charge in [-0.1, -0.05) is 6.07 Å². The number of pyridine rings is 1. The maximum Gasteiger partial charge on any atom is 0.0678 e. The molecule has 23 heavy (non-hydrogen) atoms. The summed E-state index contributed by atoms with van der Waals surface area (Å²) in [4.78, 5) is 9.51. The van der Waals surface area contributed by atoms with Crippen LogP contribution in [0.1, 0.15) is 38.7 Å². The van der Waals surface area contributed by atoms with Gasteiger partial charge in [0, 0.05) is 31.5 Å². The van der Waals surface area contributed by atoms with Gasteiger partial charge in [0.1, 0.15) is 0 Å². The Balaban J connectivity index is 1.37. The Labute approximate surface area is 140 Å². The Morgan fingerprint density at radius 2 is 1.91 bits per heavy atom. The molecule has 4 heteroatoms. The number of hydrogen-bond acceptors (Lipinski definition) is 4. The summed E-state index contributed by atoms with van der Waals surface area (Å²) in [6.45, 7) is 10.3. The zero-order valence-corrected chi connectivity index (χ0v) is 14.7. The lowest BCUT2D eigenvalue weighted by Gasteiger charge is -2.43. The van der Waals surface area contributed by atoms with Crippen LogP contribution in [0.5, 0.6) is 0 Å². The summed E-state index contributed by atoms with van der Waals surface area (Å²) >= 11 is 0. The fraction of sp³-hybridized carbons (Fsp3) is 0.737. The molecule has 4 nitrogen and oxygen atoms in total. The number of likely N-dealkylation sites (tertiary alicyclic amines) is 1. The van der Waals surface area contributed by atoms with Gasteiger partial charge in [-0.05, 0) is 70.8 Å². The summed E-state index contributed by atoms with van der Waals surface area (Å²) in [5, 5.41) is 0. The van der Waals surface area contributed by atoms with E-state index >= 15 is 0 Å². The van der Waals surface area contributed by atoms with Crippen molar-refractivity contribution < 1.29 is 4.74 Å². The molecule has 128 valence electrons. The first kappa shape index (κ1) is 16.9. The molecule has 0 N–H and O–H groups in total. The number of aromatic nitrogens is 1. The smallest absolute Gasteiger partial charge is 0.0678 e. The summed E-state index contributed by atoms with van der Waals surface area (Å²) in [7, 11) is 0. The van der Waals surface area contributed by atoms with E-state index in [1.54, 1.807) is 0 Å². The molecule has 0 saturated carbocycles. The normalized spacial score (nSPS) is 28.1. The molecule has 0 amide bonds. The number of nitrogens with zero attached hydrogens (tertiary/aromatic N) is 3. The van der Waals surface area contributed by atoms with Crippen LogP contribution in [0.3, 0.4) is 0 Å². The molecule has 0 radical (unpaired) electrons. The number of rotatable bonds is 5. The van der Waals surface area contributed by atoms with Gasteiger partial charge in [0.05, 0.1) is 12.2 Å². The van der Waals surface area contributed by atoms with Gasteiger partial charge in [-0.15, -0.1) is 0 Å². The van der Waals surface area contributed by atoms with Crippen LogP contribution in [0.4, 0.5) is 0 Å². The average molecular weight is 317 g/mol. The van der Waals surface area contributed by atoms with E-state index in [0.29, 0.717) is 12.2 Å². The minimum Gasteiger partial charge on any atom is -0.373 e. The Kier molecular flexibility index (Phi) is 6.03. The predicted molar refractivity (Wildman–Crippen MR) is 93.6 cm³/mol. The van der Waals surface area contributed by atoms with Gasteiger partial charge in [0.2, 0.25) is 0 Å². The quantitative estimate of drug-likeness (QED) is 0.834. The van der Waals surface area contributed by atoms with Crippen LogP contribution in [-0.2, 0) is 11.2 Å². The molecule has 2 saturated heterocycles. The first-order valence-corrected chi connectivity index (χ1v) is 9.21. The number of morpholine rings is 1. The molecule has 1 aromatic rings. The summed E-state index contributed by atoms with van der Waals surface area (Å²) in [5.41, 5.74) is 1.36. The molecule has 0 unspecified atom stereocenters. The van der Waals surface area contributed by atoms with E-state index in [2.05, 4.69) is 34.7 Å². The van der Waals surface area contributed by atoms with Crippen LogP contribution < -0.4 is 0 Å². The topological polar surface area (TPSA) is 28.6 Å². The Morgan fingerprint density at radius 1 is 1.17 bits per heavy atom. The van der Waals surface area contributed by atoms with Crippen LogP contribution in [0.25, 0.3) is 0 Å². The largest absolute Gasteiger partial charge is 0.373 e. The highest BCUT2D eigenvalue weighted by atomic mass is 16.5. The Bertz CT molecular complexity index is 449. The molecule has 2 fully saturated rings. The minimum absolute atomic E-state index is 0.385. The molecule has 0 bridgehead atoms. The second-order valence-electron chi connectivity index (χ2n) is 7.25. The monoisotopic (exact) mass is 317 g/mol. The molecule has 2 aliphatic rings. The van der Waals surface area contributed by atoms with Crippen molar-refractivity contribution in [2.24, 2.45) is 0 Å². The van der Waals surface area contributed by atoms with Crippen molar-refractivity contribution in [1.82, 2.24) is 14.8 Å². The van der Waals surface area contributed by atoms with Crippen molar-refractivity contribution in [1.29, 1.82) is 0 Å². The first-order chi connectivity index (χ1) is 11.2. The highest BCUT2D eigenvalue weighted by molar-refractivity contribution is 5.08. The average Bonchev–Trinajstić information content (AvgIpc) is 2.56. The van der Waals surface area contributed by atoms with E-state index in [9.17, 15) is 0 Å². The van der Waals surface area contributed by atoms with Crippen molar-refractivity contribution in [3.8, 4) is 0 Å². The van der Waals surface area contributed by atoms with Gasteiger partial charge in [0.25, 0.3) is 0 Å². The fourth-order valence-corrected chi connectivity index (χ4v) is 4.08. The number of ether oxygens (including phenoxy) is 1. The Morgan fingerprint density at radius 3 is 2.57 bits per heavy atom. The molecular formula is C19H31N3O. The van der Waals surface area contributed by atoms with E-state index in [0.717, 1.165) is 25.6 Å². The van der Waals surface area contributed by atoms with Crippen LogP contribution >= 0.6 is 0 Å². The highest BCUT2D eigenvalue weighted by Gasteiger charge is 2.30. The SMILES string of the molecule is C[C@@H]1CN(C2CCN(CCCc3cccnc3)CC2)C[C@H](C)O1. The molecule has 0 aliphatic carbocycles. The summed E-state index contributed by atoms with van der Waals surface area (Å²) in [6, 6.07) is 4.98. The third-order valence-corrected chi connectivity index (χ3v) is 5.18. The zero-order valence-electron chi connectivity index (χ0n) is 14.7. The maximum atomic E-state index is 5.87. The van der Waals surface area contributed by atoms with Gasteiger partial charge < -0.3 is 9.64 Å². The van der Waals surface area contributed by atoms with Crippen molar-refractivity contribution >= 4 is 0 Å². The molecule has 3 rings (SSSR count). The van der Waals surface area contributed by atoms with Gasteiger partial charge in [0.15, 0.2) is 0 Å². The predicted octanol–water partition coefficient (Wildman–Crippen LogP) is 2.59. The first-order valence-electron chi connectivity index (χ1n) is 9.21. The summed E-state index contributed by atoms with van der Waals surface area (Å²) in [6.07, 6.45) is 9.62. The molecular weight excluding hydrogens is 286 g/mol. The molecule has 2 atom stereocenters. The van der Waals surface area contributed by atoms with Crippen molar-refractivity contribution in [2.75, 3.05) is 32.7 Å². The zero-order chi connectivity index (χ0) is 16.1. The lowest BCUT2D eigenvalue weighted by Crippen LogP contribution is -2.53. The summed E-state index contributed by atoms with van der Waals surface area (Å²) < 4.78 is 5.87. The third-order valence-electron chi connectivity index (χ3n) is 5.18. The van der Waals surface area contributed by atoms with Crippen LogP contribution in [0.2, 0.25) is 0 Å². The van der Waals surface area contributed by atoms with Gasteiger partial charge in [-0.3, -0.25) is 9.88 Å². The number of aryl methyl sites for hydroxylation is 1. The lowest BCUT2D eigenvalue weighted by atomic mass is 10.0. The molecule has 0 aromatic carbocycles. The van der Waals surface area contributed by atoms with Crippen LogP contribution in [-0.4, -0.2) is 65.8 Å². The highest BCUT2D eigenvalue weighted by Crippen LogP contribution is 2.21. The van der Waals surface area contributed by atoms with Crippen molar-refractivity contribution in [3.05, 3.63) is 30.1 Å². The van der Waals surface area contributed by atoms with Crippen LogP contribution in [0, 0.1) is 0 Å².